The Bertz CT molecular complexity index is 766. The zero-order valence-electron chi connectivity index (χ0n) is 13.9. The van der Waals surface area contributed by atoms with E-state index in [1.807, 2.05) is 32.9 Å². The van der Waals surface area contributed by atoms with Crippen molar-refractivity contribution in [2.24, 2.45) is 0 Å². The number of aryl methyl sites for hydroxylation is 2. The fraction of sp³-hybridized carbons (Fsp3) is 0.294. The topological polar surface area (TPSA) is 50.4 Å². The highest BCUT2D eigenvalue weighted by Gasteiger charge is 2.20. The Morgan fingerprint density at radius 1 is 1.13 bits per heavy atom. The van der Waals surface area contributed by atoms with Crippen LogP contribution in [0.1, 0.15) is 31.9 Å². The fourth-order valence-electron chi connectivity index (χ4n) is 2.21. The van der Waals surface area contributed by atoms with Crippen LogP contribution in [0.5, 0.6) is 0 Å². The lowest BCUT2D eigenvalue weighted by molar-refractivity contribution is 0.0601. The van der Waals surface area contributed by atoms with Crippen LogP contribution in [0.15, 0.2) is 18.2 Å². The number of methoxy groups -OCH3 is 1. The summed E-state index contributed by atoms with van der Waals surface area (Å²) in [6.07, 6.45) is 0. The largest absolute Gasteiger partial charge is 0.465 e. The van der Waals surface area contributed by atoms with Gasteiger partial charge in [0, 0.05) is 10.6 Å². The van der Waals surface area contributed by atoms with E-state index in [1.165, 1.54) is 24.0 Å². The molecule has 6 heteroatoms. The minimum absolute atomic E-state index is 0.358. The molecule has 23 heavy (non-hydrogen) atoms. The number of ether oxygens (including phenoxy) is 1. The van der Waals surface area contributed by atoms with Crippen molar-refractivity contribution in [3.05, 3.63) is 45.3 Å². The number of esters is 1. The monoisotopic (exact) mass is 348 g/mol. The van der Waals surface area contributed by atoms with E-state index in [2.05, 4.69) is 23.6 Å². The van der Waals surface area contributed by atoms with Crippen LogP contribution in [-0.4, -0.2) is 18.2 Å². The lowest BCUT2D eigenvalue weighted by Gasteiger charge is -2.13. The lowest BCUT2D eigenvalue weighted by atomic mass is 10.1. The van der Waals surface area contributed by atoms with Crippen molar-refractivity contribution in [1.29, 1.82) is 0 Å². The molecule has 1 aromatic carbocycles. The van der Waals surface area contributed by atoms with Gasteiger partial charge in [-0.25, -0.2) is 4.79 Å². The van der Waals surface area contributed by atoms with Crippen LogP contribution >= 0.6 is 23.6 Å². The van der Waals surface area contributed by atoms with Crippen molar-refractivity contribution in [3.8, 4) is 0 Å². The number of carbonyl (C=O) groups excluding carboxylic acids is 1. The standard InChI is InChI=1S/C17H20N2O2S2/c1-9-7-6-8-13(10(9)2)18-17(22)19-15-14(16(20)21-5)11(3)12(4)23-15/h6-8H,1-5H3,(H2,18,19,22). The zero-order valence-corrected chi connectivity index (χ0v) is 15.5. The summed E-state index contributed by atoms with van der Waals surface area (Å²) in [5.74, 6) is -0.358. The van der Waals surface area contributed by atoms with Gasteiger partial charge in [-0.15, -0.1) is 11.3 Å². The van der Waals surface area contributed by atoms with E-state index in [4.69, 9.17) is 17.0 Å². The third-order valence-corrected chi connectivity index (χ3v) is 5.18. The number of anilines is 2. The van der Waals surface area contributed by atoms with E-state index in [-0.39, 0.29) is 5.97 Å². The van der Waals surface area contributed by atoms with E-state index in [1.54, 1.807) is 0 Å². The Hall–Kier alpha value is -1.92. The molecular weight excluding hydrogens is 328 g/mol. The van der Waals surface area contributed by atoms with Gasteiger partial charge in [0.1, 0.15) is 5.00 Å². The minimum atomic E-state index is -0.358. The third-order valence-electron chi connectivity index (χ3n) is 3.85. The van der Waals surface area contributed by atoms with Gasteiger partial charge in [0.15, 0.2) is 5.11 Å². The summed E-state index contributed by atoms with van der Waals surface area (Å²) >= 11 is 6.88. The van der Waals surface area contributed by atoms with Gasteiger partial charge in [-0.3, -0.25) is 0 Å². The SMILES string of the molecule is COC(=O)c1c(NC(=S)Nc2cccc(C)c2C)sc(C)c1C. The summed E-state index contributed by atoms with van der Waals surface area (Å²) in [7, 11) is 1.38. The molecule has 0 aliphatic rings. The van der Waals surface area contributed by atoms with Crippen LogP contribution in [0.4, 0.5) is 10.7 Å². The molecule has 0 bridgehead atoms. The summed E-state index contributed by atoms with van der Waals surface area (Å²) in [6.45, 7) is 7.97. The molecule has 0 atom stereocenters. The average molecular weight is 348 g/mol. The maximum absolute atomic E-state index is 12.0. The molecule has 0 amide bonds. The van der Waals surface area contributed by atoms with E-state index >= 15 is 0 Å². The van der Waals surface area contributed by atoms with Crippen LogP contribution in [-0.2, 0) is 4.74 Å². The predicted molar refractivity (Wildman–Crippen MR) is 101 cm³/mol. The van der Waals surface area contributed by atoms with Gasteiger partial charge >= 0.3 is 5.97 Å². The number of thiocarbonyl (C=S) groups is 1. The maximum atomic E-state index is 12.0. The number of benzene rings is 1. The molecule has 1 heterocycles. The predicted octanol–water partition coefficient (Wildman–Crippen LogP) is 4.58. The van der Waals surface area contributed by atoms with E-state index in [0.29, 0.717) is 15.7 Å². The first-order chi connectivity index (χ1) is 10.8. The van der Waals surface area contributed by atoms with Gasteiger partial charge in [0.25, 0.3) is 0 Å². The summed E-state index contributed by atoms with van der Waals surface area (Å²) in [5.41, 5.74) is 4.74. The summed E-state index contributed by atoms with van der Waals surface area (Å²) in [4.78, 5) is 13.0. The first kappa shape index (κ1) is 17.4. The van der Waals surface area contributed by atoms with Crippen molar-refractivity contribution in [1.82, 2.24) is 0 Å². The summed E-state index contributed by atoms with van der Waals surface area (Å²) in [5, 5.41) is 7.46. The Balaban J connectivity index is 2.22. The molecule has 0 radical (unpaired) electrons. The van der Waals surface area contributed by atoms with Gasteiger partial charge < -0.3 is 15.4 Å². The highest BCUT2D eigenvalue weighted by molar-refractivity contribution is 7.80. The van der Waals surface area contributed by atoms with Crippen LogP contribution in [0.2, 0.25) is 0 Å². The van der Waals surface area contributed by atoms with Gasteiger partial charge in [0.05, 0.1) is 12.7 Å². The van der Waals surface area contributed by atoms with Gasteiger partial charge in [-0.1, -0.05) is 12.1 Å². The summed E-state index contributed by atoms with van der Waals surface area (Å²) < 4.78 is 4.87. The molecule has 0 aliphatic carbocycles. The molecule has 0 unspecified atom stereocenters. The number of hydrogen-bond donors (Lipinski definition) is 2. The molecule has 0 aliphatic heterocycles. The molecule has 4 nitrogen and oxygen atoms in total. The second-order valence-electron chi connectivity index (χ2n) is 5.31. The smallest absolute Gasteiger partial charge is 0.341 e. The molecule has 0 saturated carbocycles. The van der Waals surface area contributed by atoms with Crippen molar-refractivity contribution in [3.63, 3.8) is 0 Å². The van der Waals surface area contributed by atoms with Crippen LogP contribution in [0.3, 0.4) is 0 Å². The van der Waals surface area contributed by atoms with E-state index in [0.717, 1.165) is 21.7 Å². The average Bonchev–Trinajstić information content (AvgIpc) is 2.77. The first-order valence-corrected chi connectivity index (χ1v) is 8.40. The molecule has 0 fully saturated rings. The second-order valence-corrected chi connectivity index (χ2v) is 6.94. The number of rotatable bonds is 3. The third kappa shape index (κ3) is 3.71. The molecule has 1 aromatic heterocycles. The molecule has 122 valence electrons. The minimum Gasteiger partial charge on any atom is -0.465 e. The van der Waals surface area contributed by atoms with Crippen LogP contribution < -0.4 is 10.6 Å². The first-order valence-electron chi connectivity index (χ1n) is 7.17. The zero-order chi connectivity index (χ0) is 17.1. The quantitative estimate of drug-likeness (QED) is 0.628. The fourth-order valence-corrected chi connectivity index (χ4v) is 3.54. The Morgan fingerprint density at radius 2 is 1.83 bits per heavy atom. The molecule has 2 aromatic rings. The number of nitrogens with one attached hydrogen (secondary N) is 2. The highest BCUT2D eigenvalue weighted by Crippen LogP contribution is 2.33. The van der Waals surface area contributed by atoms with Crippen molar-refractivity contribution >= 4 is 45.3 Å². The molecular formula is C17H20N2O2S2. The van der Waals surface area contributed by atoms with E-state index < -0.39 is 0 Å². The van der Waals surface area contributed by atoms with E-state index in [9.17, 15) is 4.79 Å². The van der Waals surface area contributed by atoms with Crippen molar-refractivity contribution in [2.75, 3.05) is 17.7 Å². The highest BCUT2D eigenvalue weighted by atomic mass is 32.1. The molecule has 0 saturated heterocycles. The lowest BCUT2D eigenvalue weighted by Crippen LogP contribution is -2.20. The van der Waals surface area contributed by atoms with Crippen LogP contribution in [0, 0.1) is 27.7 Å². The Kier molecular flexibility index (Phi) is 5.38. The van der Waals surface area contributed by atoms with Crippen LogP contribution in [0.25, 0.3) is 0 Å². The summed E-state index contributed by atoms with van der Waals surface area (Å²) in [6, 6.07) is 6.01. The Morgan fingerprint density at radius 3 is 2.48 bits per heavy atom. The number of thiophene rings is 1. The van der Waals surface area contributed by atoms with Crippen molar-refractivity contribution in [2.45, 2.75) is 27.7 Å². The molecule has 2 rings (SSSR count). The maximum Gasteiger partial charge on any atom is 0.341 e. The normalized spacial score (nSPS) is 10.3. The Labute approximate surface area is 145 Å². The van der Waals surface area contributed by atoms with Crippen molar-refractivity contribution < 1.29 is 9.53 Å². The number of carbonyl (C=O) groups is 1. The number of hydrogen-bond acceptors (Lipinski definition) is 4. The van der Waals surface area contributed by atoms with Gasteiger partial charge in [-0.2, -0.15) is 0 Å². The van der Waals surface area contributed by atoms with Gasteiger partial charge in [-0.05, 0) is 62.7 Å². The molecule has 2 N–H and O–H groups in total. The van der Waals surface area contributed by atoms with Gasteiger partial charge in [0.2, 0.25) is 0 Å². The second kappa shape index (κ2) is 7.10. The molecule has 0 spiro atoms.